The van der Waals surface area contributed by atoms with E-state index in [2.05, 4.69) is 5.32 Å². The smallest absolute Gasteiger partial charge is 0.242 e. The fourth-order valence-electron chi connectivity index (χ4n) is 4.14. The van der Waals surface area contributed by atoms with Gasteiger partial charge in [0.25, 0.3) is 0 Å². The Morgan fingerprint density at radius 1 is 1.05 bits per heavy atom. The van der Waals surface area contributed by atoms with Gasteiger partial charge in [0.15, 0.2) is 11.5 Å². The van der Waals surface area contributed by atoms with Crippen molar-refractivity contribution in [3.63, 3.8) is 0 Å². The maximum atomic E-state index is 13.4. The van der Waals surface area contributed by atoms with Crippen LogP contribution in [-0.2, 0) is 26.2 Å². The first kappa shape index (κ1) is 30.8. The van der Waals surface area contributed by atoms with Gasteiger partial charge in [0.05, 0.1) is 11.9 Å². The number of anilines is 1. The van der Waals surface area contributed by atoms with Crippen LogP contribution in [0.15, 0.2) is 36.4 Å². The minimum atomic E-state index is -3.65. The van der Waals surface area contributed by atoms with Crippen LogP contribution in [0.2, 0.25) is 10.0 Å². The number of unbranched alkanes of at least 4 members (excludes halogenated alkanes) is 1. The summed E-state index contributed by atoms with van der Waals surface area (Å²) in [5.74, 6) is 0.458. The Labute approximate surface area is 240 Å². The first-order valence-corrected chi connectivity index (χ1v) is 15.5. The van der Waals surface area contributed by atoms with Gasteiger partial charge >= 0.3 is 0 Å². The van der Waals surface area contributed by atoms with E-state index in [9.17, 15) is 18.0 Å². The largest absolute Gasteiger partial charge is 0.486 e. The predicted octanol–water partition coefficient (Wildman–Crippen LogP) is 4.64. The number of nitrogens with one attached hydrogen (secondary N) is 1. The van der Waals surface area contributed by atoms with Crippen molar-refractivity contribution in [2.75, 3.05) is 36.9 Å². The lowest BCUT2D eigenvalue weighted by Gasteiger charge is -2.30. The molecule has 0 radical (unpaired) electrons. The van der Waals surface area contributed by atoms with Gasteiger partial charge in [-0.2, -0.15) is 0 Å². The van der Waals surface area contributed by atoms with Crippen molar-refractivity contribution in [2.45, 2.75) is 52.1 Å². The van der Waals surface area contributed by atoms with Gasteiger partial charge in [-0.05, 0) is 49.6 Å². The molecular formula is C27H35Cl2N3O6S. The summed E-state index contributed by atoms with van der Waals surface area (Å²) in [5.41, 5.74) is 1.07. The molecule has 9 nitrogen and oxygen atoms in total. The second kappa shape index (κ2) is 14.1. The highest BCUT2D eigenvalue weighted by Gasteiger charge is 2.27. The Balaban J connectivity index is 1.74. The summed E-state index contributed by atoms with van der Waals surface area (Å²) in [5, 5.41) is 3.73. The molecule has 12 heteroatoms. The first-order valence-electron chi connectivity index (χ1n) is 12.9. The maximum Gasteiger partial charge on any atom is 0.242 e. The average Bonchev–Trinajstić information content (AvgIpc) is 2.89. The van der Waals surface area contributed by atoms with Gasteiger partial charge in [-0.15, -0.1) is 0 Å². The third-order valence-electron chi connectivity index (χ3n) is 6.32. The quantitative estimate of drug-likeness (QED) is 0.336. The van der Waals surface area contributed by atoms with Gasteiger partial charge in [-0.25, -0.2) is 8.42 Å². The Kier molecular flexibility index (Phi) is 11.1. The predicted molar refractivity (Wildman–Crippen MR) is 153 cm³/mol. The van der Waals surface area contributed by atoms with E-state index in [0.29, 0.717) is 52.6 Å². The van der Waals surface area contributed by atoms with E-state index in [1.54, 1.807) is 43.3 Å². The molecule has 214 valence electrons. The number of rotatable bonds is 13. The number of sulfonamides is 1. The van der Waals surface area contributed by atoms with Gasteiger partial charge < -0.3 is 19.7 Å². The molecule has 0 aromatic heterocycles. The standard InChI is InChI=1S/C27H35Cl2N3O6S/c1-4-5-12-30-27(34)19(2)31(18-20-8-9-21(28)16-23(20)29)26(33)7-6-13-32(39(3,35)36)22-10-11-24-25(17-22)38-15-14-37-24/h8-11,16-17,19H,4-7,12-15,18H2,1-3H3,(H,30,34). The summed E-state index contributed by atoms with van der Waals surface area (Å²) in [6.45, 7) is 5.19. The van der Waals surface area contributed by atoms with Crippen LogP contribution in [0.5, 0.6) is 11.5 Å². The molecule has 1 atom stereocenters. The van der Waals surface area contributed by atoms with Crippen molar-refractivity contribution in [3.05, 3.63) is 52.0 Å². The highest BCUT2D eigenvalue weighted by Crippen LogP contribution is 2.35. The van der Waals surface area contributed by atoms with E-state index in [4.69, 9.17) is 32.7 Å². The minimum Gasteiger partial charge on any atom is -0.486 e. The van der Waals surface area contributed by atoms with Crippen LogP contribution in [0.4, 0.5) is 5.69 Å². The Hall–Kier alpha value is -2.69. The number of ether oxygens (including phenoxy) is 2. The fraction of sp³-hybridized carbons (Fsp3) is 0.481. The Bertz CT molecular complexity index is 1270. The molecule has 2 aromatic rings. The minimum absolute atomic E-state index is 0.0222. The van der Waals surface area contributed by atoms with Gasteiger partial charge in [0.1, 0.15) is 19.3 Å². The lowest BCUT2D eigenvalue weighted by atomic mass is 10.1. The lowest BCUT2D eigenvalue weighted by Crippen LogP contribution is -2.48. The van der Waals surface area contributed by atoms with E-state index in [-0.39, 0.29) is 37.7 Å². The molecule has 0 saturated carbocycles. The van der Waals surface area contributed by atoms with Crippen LogP contribution < -0.4 is 19.1 Å². The second-order valence-corrected chi connectivity index (χ2v) is 12.1. The summed E-state index contributed by atoms with van der Waals surface area (Å²) in [6.07, 6.45) is 3.13. The number of carbonyl (C=O) groups is 2. The van der Waals surface area contributed by atoms with Crippen LogP contribution >= 0.6 is 23.2 Å². The molecule has 1 aliphatic heterocycles. The van der Waals surface area contributed by atoms with Crippen LogP contribution in [-0.4, -0.2) is 63.7 Å². The van der Waals surface area contributed by atoms with Crippen LogP contribution in [0.3, 0.4) is 0 Å². The zero-order valence-electron chi connectivity index (χ0n) is 22.4. The Morgan fingerprint density at radius 2 is 1.77 bits per heavy atom. The van der Waals surface area contributed by atoms with Gasteiger partial charge in [-0.1, -0.05) is 42.6 Å². The van der Waals surface area contributed by atoms with Gasteiger partial charge in [0, 0.05) is 42.2 Å². The molecule has 0 aliphatic carbocycles. The van der Waals surface area contributed by atoms with Gasteiger partial charge in [-0.3, -0.25) is 13.9 Å². The van der Waals surface area contributed by atoms with Gasteiger partial charge in [0.2, 0.25) is 21.8 Å². The number of benzene rings is 2. The lowest BCUT2D eigenvalue weighted by molar-refractivity contribution is -0.140. The topological polar surface area (TPSA) is 105 Å². The molecule has 1 aliphatic rings. The molecule has 39 heavy (non-hydrogen) atoms. The fourth-order valence-corrected chi connectivity index (χ4v) is 5.57. The molecule has 1 heterocycles. The number of amides is 2. The van der Waals surface area contributed by atoms with Crippen molar-refractivity contribution < 1.29 is 27.5 Å². The maximum absolute atomic E-state index is 13.4. The Morgan fingerprint density at radius 3 is 2.44 bits per heavy atom. The molecule has 2 amide bonds. The highest BCUT2D eigenvalue weighted by atomic mass is 35.5. The molecule has 1 unspecified atom stereocenters. The molecule has 3 rings (SSSR count). The molecule has 0 fully saturated rings. The normalized spacial score (nSPS) is 13.5. The van der Waals surface area contributed by atoms with Crippen molar-refractivity contribution in [1.29, 1.82) is 0 Å². The SMILES string of the molecule is CCCCNC(=O)C(C)N(Cc1ccc(Cl)cc1Cl)C(=O)CCCN(c1ccc2c(c1)OCCO2)S(C)(=O)=O. The number of hydrogen-bond acceptors (Lipinski definition) is 6. The molecule has 0 saturated heterocycles. The molecule has 2 aromatic carbocycles. The monoisotopic (exact) mass is 599 g/mol. The number of fused-ring (bicyclic) bond motifs is 1. The second-order valence-electron chi connectivity index (χ2n) is 9.34. The first-order chi connectivity index (χ1) is 18.5. The molecule has 0 spiro atoms. The van der Waals surface area contributed by atoms with Crippen molar-refractivity contribution in [1.82, 2.24) is 10.2 Å². The third-order valence-corrected chi connectivity index (χ3v) is 8.10. The van der Waals surface area contributed by atoms with E-state index < -0.39 is 16.1 Å². The summed E-state index contributed by atoms with van der Waals surface area (Å²) in [7, 11) is -3.65. The number of carbonyl (C=O) groups excluding carboxylic acids is 2. The number of hydrogen-bond donors (Lipinski definition) is 1. The van der Waals surface area contributed by atoms with E-state index in [1.807, 2.05) is 6.92 Å². The summed E-state index contributed by atoms with van der Waals surface area (Å²) >= 11 is 12.4. The number of nitrogens with zero attached hydrogens (tertiary/aromatic N) is 2. The average molecular weight is 601 g/mol. The van der Waals surface area contributed by atoms with Crippen molar-refractivity contribution in [2.24, 2.45) is 0 Å². The van der Waals surface area contributed by atoms with E-state index in [1.165, 1.54) is 9.21 Å². The van der Waals surface area contributed by atoms with E-state index in [0.717, 1.165) is 19.1 Å². The van der Waals surface area contributed by atoms with Crippen LogP contribution in [0.1, 0.15) is 45.1 Å². The third kappa shape index (κ3) is 8.65. The molecular weight excluding hydrogens is 565 g/mol. The highest BCUT2D eigenvalue weighted by molar-refractivity contribution is 7.92. The zero-order valence-corrected chi connectivity index (χ0v) is 24.7. The number of halogens is 2. The zero-order chi connectivity index (χ0) is 28.6. The summed E-state index contributed by atoms with van der Waals surface area (Å²) < 4.78 is 37.6. The molecule has 0 bridgehead atoms. The van der Waals surface area contributed by atoms with Crippen molar-refractivity contribution in [3.8, 4) is 11.5 Å². The summed E-state index contributed by atoms with van der Waals surface area (Å²) in [6, 6.07) is 9.16. The van der Waals surface area contributed by atoms with Crippen LogP contribution in [0, 0.1) is 0 Å². The van der Waals surface area contributed by atoms with Crippen molar-refractivity contribution >= 4 is 50.7 Å². The molecule has 1 N–H and O–H groups in total. The van der Waals surface area contributed by atoms with Crippen LogP contribution in [0.25, 0.3) is 0 Å². The van der Waals surface area contributed by atoms with E-state index >= 15 is 0 Å². The summed E-state index contributed by atoms with van der Waals surface area (Å²) in [4.78, 5) is 27.7.